The predicted octanol–water partition coefficient (Wildman–Crippen LogP) is 2.56. The van der Waals surface area contributed by atoms with Crippen LogP contribution in [0.15, 0.2) is 30.3 Å². The molecule has 2 unspecified atom stereocenters. The third-order valence-electron chi connectivity index (χ3n) is 2.28. The molecule has 0 amide bonds. The van der Waals surface area contributed by atoms with Crippen LogP contribution in [0.5, 0.6) is 0 Å². The summed E-state index contributed by atoms with van der Waals surface area (Å²) < 4.78 is 41.3. The minimum absolute atomic E-state index is 0.0933. The van der Waals surface area contributed by atoms with Crippen LogP contribution in [0.1, 0.15) is 12.5 Å². The Kier molecular flexibility index (Phi) is 4.11. The first-order valence-corrected chi connectivity index (χ1v) is 4.77. The van der Waals surface area contributed by atoms with Crippen LogP contribution in [-0.2, 0) is 15.1 Å². The van der Waals surface area contributed by atoms with Gasteiger partial charge in [0.1, 0.15) is 0 Å². The topological polar surface area (TPSA) is 46.5 Å². The Morgan fingerprint density at radius 2 is 1.82 bits per heavy atom. The van der Waals surface area contributed by atoms with Gasteiger partial charge in [-0.3, -0.25) is 0 Å². The van der Waals surface area contributed by atoms with Crippen LogP contribution in [0, 0.1) is 0 Å². The van der Waals surface area contributed by atoms with Crippen molar-refractivity contribution in [1.29, 1.82) is 0 Å². The Morgan fingerprint density at radius 3 is 2.24 bits per heavy atom. The van der Waals surface area contributed by atoms with Gasteiger partial charge in [-0.1, -0.05) is 30.3 Å². The van der Waals surface area contributed by atoms with Gasteiger partial charge in [0.2, 0.25) is 0 Å². The fourth-order valence-corrected chi connectivity index (χ4v) is 1.27. The first-order valence-electron chi connectivity index (χ1n) is 4.77. The van der Waals surface area contributed by atoms with E-state index in [2.05, 4.69) is 4.74 Å². The molecule has 0 bridgehead atoms. The lowest BCUT2D eigenvalue weighted by Gasteiger charge is -2.27. The van der Waals surface area contributed by atoms with E-state index in [4.69, 9.17) is 5.11 Å². The summed E-state index contributed by atoms with van der Waals surface area (Å²) in [6.45, 7) is 1.03. The molecule has 0 aromatic heterocycles. The van der Waals surface area contributed by atoms with Crippen LogP contribution >= 0.6 is 0 Å². The van der Waals surface area contributed by atoms with E-state index >= 15 is 0 Å². The van der Waals surface area contributed by atoms with E-state index in [1.54, 1.807) is 6.07 Å². The SMILES string of the molecule is CC(OC(F)C(F)F)(C(=O)O)c1ccccc1. The fraction of sp³-hybridized carbons (Fsp3) is 0.364. The number of ether oxygens (including phenoxy) is 1. The Hall–Kier alpha value is -1.56. The average Bonchev–Trinajstić information content (AvgIpc) is 2.29. The van der Waals surface area contributed by atoms with Crippen LogP contribution in [-0.4, -0.2) is 23.9 Å². The number of carbonyl (C=O) groups is 1. The standard InChI is InChI=1S/C11H11F3O3/c1-11(10(15)16,17-9(14)8(12)13)7-5-3-2-4-6-7/h2-6,8-9H,1H3,(H,15,16). The number of carboxylic acids is 1. The molecule has 3 nitrogen and oxygen atoms in total. The maximum atomic E-state index is 12.8. The lowest BCUT2D eigenvalue weighted by Crippen LogP contribution is -2.39. The molecular formula is C11H11F3O3. The highest BCUT2D eigenvalue weighted by molar-refractivity contribution is 5.78. The third kappa shape index (κ3) is 2.97. The van der Waals surface area contributed by atoms with Crippen molar-refractivity contribution in [2.45, 2.75) is 25.3 Å². The zero-order chi connectivity index (χ0) is 13.1. The molecule has 0 aliphatic carbocycles. The van der Waals surface area contributed by atoms with Crippen LogP contribution in [0.3, 0.4) is 0 Å². The van der Waals surface area contributed by atoms with Gasteiger partial charge in [-0.25, -0.2) is 18.0 Å². The molecule has 0 aliphatic rings. The molecule has 1 aromatic carbocycles. The largest absolute Gasteiger partial charge is 0.479 e. The van der Waals surface area contributed by atoms with Crippen molar-refractivity contribution >= 4 is 5.97 Å². The maximum absolute atomic E-state index is 12.8. The summed E-state index contributed by atoms with van der Waals surface area (Å²) in [6, 6.07) is 7.37. The summed E-state index contributed by atoms with van der Waals surface area (Å²) in [5.41, 5.74) is -2.05. The number of rotatable bonds is 5. The zero-order valence-corrected chi connectivity index (χ0v) is 8.94. The Balaban J connectivity index is 3.03. The second-order valence-electron chi connectivity index (χ2n) is 3.51. The normalized spacial score (nSPS) is 16.5. The van der Waals surface area contributed by atoms with E-state index in [0.717, 1.165) is 6.92 Å². The monoisotopic (exact) mass is 248 g/mol. The first-order chi connectivity index (χ1) is 7.88. The summed E-state index contributed by atoms with van der Waals surface area (Å²) in [6.07, 6.45) is -6.34. The van der Waals surface area contributed by atoms with Crippen LogP contribution in [0.2, 0.25) is 0 Å². The molecule has 6 heteroatoms. The summed E-state index contributed by atoms with van der Waals surface area (Å²) in [5.74, 6) is -1.54. The first kappa shape index (κ1) is 13.5. The van der Waals surface area contributed by atoms with E-state index in [-0.39, 0.29) is 5.56 Å². The highest BCUT2D eigenvalue weighted by Crippen LogP contribution is 2.29. The molecule has 0 saturated carbocycles. The molecule has 0 fully saturated rings. The van der Waals surface area contributed by atoms with Gasteiger partial charge >= 0.3 is 5.97 Å². The van der Waals surface area contributed by atoms with Gasteiger partial charge in [-0.05, 0) is 12.5 Å². The quantitative estimate of drug-likeness (QED) is 0.871. The van der Waals surface area contributed by atoms with Crippen LogP contribution < -0.4 is 0 Å². The van der Waals surface area contributed by atoms with E-state index in [9.17, 15) is 18.0 Å². The molecule has 0 heterocycles. The van der Waals surface area contributed by atoms with Gasteiger partial charge in [0.05, 0.1) is 0 Å². The molecule has 0 radical (unpaired) electrons. The summed E-state index contributed by atoms with van der Waals surface area (Å²) >= 11 is 0. The minimum atomic E-state index is -3.39. The molecule has 0 spiro atoms. The minimum Gasteiger partial charge on any atom is -0.479 e. The number of halogens is 3. The highest BCUT2D eigenvalue weighted by atomic mass is 19.3. The van der Waals surface area contributed by atoms with E-state index in [1.165, 1.54) is 24.3 Å². The molecule has 1 N–H and O–H groups in total. The second-order valence-corrected chi connectivity index (χ2v) is 3.51. The van der Waals surface area contributed by atoms with Crippen molar-refractivity contribution in [2.24, 2.45) is 0 Å². The van der Waals surface area contributed by atoms with E-state index in [0.29, 0.717) is 0 Å². The molecule has 0 saturated heterocycles. The highest BCUT2D eigenvalue weighted by Gasteiger charge is 2.41. The molecule has 1 rings (SSSR count). The number of aliphatic carboxylic acids is 1. The number of alkyl halides is 3. The van der Waals surface area contributed by atoms with Crippen molar-refractivity contribution in [3.63, 3.8) is 0 Å². The molecule has 94 valence electrons. The van der Waals surface area contributed by atoms with E-state index in [1.807, 2.05) is 0 Å². The number of carboxylic acid groups (broad SMARTS) is 1. The van der Waals surface area contributed by atoms with Crippen molar-refractivity contribution in [2.75, 3.05) is 0 Å². The lowest BCUT2D eigenvalue weighted by atomic mass is 9.96. The second kappa shape index (κ2) is 5.18. The van der Waals surface area contributed by atoms with Gasteiger partial charge in [-0.15, -0.1) is 0 Å². The van der Waals surface area contributed by atoms with Crippen molar-refractivity contribution in [3.05, 3.63) is 35.9 Å². The van der Waals surface area contributed by atoms with Gasteiger partial charge in [0.15, 0.2) is 5.60 Å². The van der Waals surface area contributed by atoms with Crippen molar-refractivity contribution < 1.29 is 27.8 Å². The predicted molar refractivity (Wildman–Crippen MR) is 53.4 cm³/mol. The Labute approximate surface area is 95.8 Å². The maximum Gasteiger partial charge on any atom is 0.340 e. The smallest absolute Gasteiger partial charge is 0.340 e. The molecule has 17 heavy (non-hydrogen) atoms. The molecule has 2 atom stereocenters. The Morgan fingerprint density at radius 1 is 1.29 bits per heavy atom. The third-order valence-corrected chi connectivity index (χ3v) is 2.28. The van der Waals surface area contributed by atoms with Gasteiger partial charge in [-0.2, -0.15) is 0 Å². The Bertz CT molecular complexity index is 383. The average molecular weight is 248 g/mol. The van der Waals surface area contributed by atoms with E-state index < -0.39 is 24.4 Å². The van der Waals surface area contributed by atoms with Crippen molar-refractivity contribution in [1.82, 2.24) is 0 Å². The number of hydrogen-bond donors (Lipinski definition) is 1. The summed E-state index contributed by atoms with van der Waals surface area (Å²) in [5, 5.41) is 8.98. The van der Waals surface area contributed by atoms with Crippen molar-refractivity contribution in [3.8, 4) is 0 Å². The van der Waals surface area contributed by atoms with Crippen LogP contribution in [0.4, 0.5) is 13.2 Å². The zero-order valence-electron chi connectivity index (χ0n) is 8.94. The lowest BCUT2D eigenvalue weighted by molar-refractivity contribution is -0.212. The number of benzene rings is 1. The van der Waals surface area contributed by atoms with Crippen LogP contribution in [0.25, 0.3) is 0 Å². The van der Waals surface area contributed by atoms with Gasteiger partial charge in [0.25, 0.3) is 12.8 Å². The summed E-state index contributed by atoms with van der Waals surface area (Å²) in [4.78, 5) is 11.0. The molecule has 0 aliphatic heterocycles. The van der Waals surface area contributed by atoms with Gasteiger partial charge < -0.3 is 9.84 Å². The fourth-order valence-electron chi connectivity index (χ4n) is 1.27. The number of hydrogen-bond acceptors (Lipinski definition) is 2. The molecular weight excluding hydrogens is 237 g/mol. The molecule has 1 aromatic rings. The van der Waals surface area contributed by atoms with Gasteiger partial charge in [0, 0.05) is 0 Å². The summed E-state index contributed by atoms with van der Waals surface area (Å²) in [7, 11) is 0.